The number of nitrogens with one attached hydrogen (secondary N) is 2. The Hall–Kier alpha value is -1.14. The molecular formula is C10H21N3O3. The minimum Gasteiger partial charge on any atom is -0.389 e. The highest BCUT2D eigenvalue weighted by Gasteiger charge is 2.17. The summed E-state index contributed by atoms with van der Waals surface area (Å²) in [5, 5.41) is 14.2. The van der Waals surface area contributed by atoms with Gasteiger partial charge in [0.1, 0.15) is 0 Å². The third kappa shape index (κ3) is 8.19. The van der Waals surface area contributed by atoms with Gasteiger partial charge in [0.2, 0.25) is 5.91 Å². The molecule has 0 aromatic heterocycles. The van der Waals surface area contributed by atoms with Crippen LogP contribution in [0.4, 0.5) is 4.79 Å². The molecule has 0 saturated carbocycles. The lowest BCUT2D eigenvalue weighted by molar-refractivity contribution is -0.121. The Balaban J connectivity index is 3.92. The fraction of sp³-hybridized carbons (Fsp3) is 0.800. The van der Waals surface area contributed by atoms with Crippen LogP contribution in [-0.4, -0.2) is 54.2 Å². The second-order valence-corrected chi connectivity index (χ2v) is 4.39. The average molecular weight is 231 g/mol. The molecule has 3 N–H and O–H groups in total. The van der Waals surface area contributed by atoms with Crippen LogP contribution in [0.25, 0.3) is 0 Å². The van der Waals surface area contributed by atoms with Gasteiger partial charge >= 0.3 is 6.03 Å². The van der Waals surface area contributed by atoms with Crippen molar-refractivity contribution in [1.82, 2.24) is 15.5 Å². The second kappa shape index (κ2) is 6.44. The molecule has 0 aromatic carbocycles. The Morgan fingerprint density at radius 3 is 2.38 bits per heavy atom. The molecule has 0 fully saturated rings. The molecular weight excluding hydrogens is 210 g/mol. The van der Waals surface area contributed by atoms with Gasteiger partial charge in [-0.3, -0.25) is 15.0 Å². The predicted molar refractivity (Wildman–Crippen MR) is 61.0 cm³/mol. The van der Waals surface area contributed by atoms with Gasteiger partial charge in [0.15, 0.2) is 0 Å². The van der Waals surface area contributed by atoms with E-state index in [9.17, 15) is 14.7 Å². The van der Waals surface area contributed by atoms with Crippen LogP contribution in [0, 0.1) is 0 Å². The molecule has 6 heteroatoms. The fourth-order valence-corrected chi connectivity index (χ4v) is 1.33. The van der Waals surface area contributed by atoms with Crippen molar-refractivity contribution in [2.75, 3.05) is 26.7 Å². The number of rotatable bonds is 5. The Bertz CT molecular complexity index is 248. The number of amides is 3. The zero-order valence-electron chi connectivity index (χ0n) is 10.3. The Labute approximate surface area is 96.0 Å². The Kier molecular flexibility index (Phi) is 5.98. The summed E-state index contributed by atoms with van der Waals surface area (Å²) in [6, 6.07) is -0.496. The first-order valence-electron chi connectivity index (χ1n) is 5.23. The lowest BCUT2D eigenvalue weighted by atomic mass is 10.1. The average Bonchev–Trinajstić information content (AvgIpc) is 1.98. The summed E-state index contributed by atoms with van der Waals surface area (Å²) >= 11 is 0. The maximum atomic E-state index is 11.3. The minimum absolute atomic E-state index is 0.0706. The maximum Gasteiger partial charge on any atom is 0.321 e. The normalized spacial score (nSPS) is 11.4. The number of nitrogens with zero attached hydrogens (tertiary/aromatic N) is 1. The molecule has 0 aromatic rings. The zero-order valence-corrected chi connectivity index (χ0v) is 10.3. The molecule has 0 aliphatic carbocycles. The molecule has 0 aliphatic heterocycles. The summed E-state index contributed by atoms with van der Waals surface area (Å²) in [6.07, 6.45) is 0. The highest BCUT2D eigenvalue weighted by atomic mass is 16.3. The lowest BCUT2D eigenvalue weighted by Gasteiger charge is -2.24. The molecule has 94 valence electrons. The van der Waals surface area contributed by atoms with Gasteiger partial charge < -0.3 is 10.4 Å². The quantitative estimate of drug-likeness (QED) is 0.598. The predicted octanol–water partition coefficient (Wildman–Crippen LogP) is -0.465. The molecule has 0 unspecified atom stereocenters. The fourth-order valence-electron chi connectivity index (χ4n) is 1.33. The van der Waals surface area contributed by atoms with Crippen molar-refractivity contribution in [3.05, 3.63) is 0 Å². The van der Waals surface area contributed by atoms with Crippen LogP contribution in [-0.2, 0) is 4.79 Å². The van der Waals surface area contributed by atoms with Gasteiger partial charge in [-0.05, 0) is 27.8 Å². The summed E-state index contributed by atoms with van der Waals surface area (Å²) in [4.78, 5) is 24.0. The first-order valence-corrected chi connectivity index (χ1v) is 5.23. The smallest absolute Gasteiger partial charge is 0.321 e. The van der Waals surface area contributed by atoms with Crippen molar-refractivity contribution in [1.29, 1.82) is 0 Å². The van der Waals surface area contributed by atoms with E-state index in [4.69, 9.17) is 0 Å². The number of likely N-dealkylation sites (N-methyl/N-ethyl adjacent to an activating group) is 1. The van der Waals surface area contributed by atoms with E-state index in [1.807, 2.05) is 0 Å². The van der Waals surface area contributed by atoms with Crippen molar-refractivity contribution in [3.8, 4) is 0 Å². The highest BCUT2D eigenvalue weighted by molar-refractivity contribution is 5.95. The van der Waals surface area contributed by atoms with Crippen molar-refractivity contribution < 1.29 is 14.7 Å². The number of hydrogen-bond donors (Lipinski definition) is 3. The third-order valence-electron chi connectivity index (χ3n) is 1.66. The van der Waals surface area contributed by atoms with E-state index in [0.717, 1.165) is 0 Å². The number of carbonyl (C=O) groups excluding carboxylic acids is 2. The minimum atomic E-state index is -0.860. The molecule has 0 bridgehead atoms. The first-order chi connectivity index (χ1) is 7.24. The summed E-state index contributed by atoms with van der Waals surface area (Å²) in [5.74, 6) is -0.391. The number of hydrogen-bond acceptors (Lipinski definition) is 4. The van der Waals surface area contributed by atoms with Gasteiger partial charge in [0.05, 0.1) is 12.1 Å². The van der Waals surface area contributed by atoms with E-state index >= 15 is 0 Å². The summed E-state index contributed by atoms with van der Waals surface area (Å²) < 4.78 is 0. The van der Waals surface area contributed by atoms with E-state index < -0.39 is 17.5 Å². The molecule has 0 saturated heterocycles. The van der Waals surface area contributed by atoms with E-state index in [1.54, 1.807) is 32.7 Å². The molecule has 16 heavy (non-hydrogen) atoms. The van der Waals surface area contributed by atoms with Crippen LogP contribution in [0.1, 0.15) is 20.8 Å². The van der Waals surface area contributed by atoms with Gasteiger partial charge in [-0.15, -0.1) is 0 Å². The van der Waals surface area contributed by atoms with Gasteiger partial charge in [0, 0.05) is 13.1 Å². The van der Waals surface area contributed by atoms with E-state index in [0.29, 0.717) is 13.1 Å². The highest BCUT2D eigenvalue weighted by Crippen LogP contribution is 2.02. The van der Waals surface area contributed by atoms with E-state index in [-0.39, 0.29) is 6.54 Å². The first kappa shape index (κ1) is 14.9. The van der Waals surface area contributed by atoms with Crippen molar-refractivity contribution >= 4 is 11.9 Å². The SMILES string of the molecule is CCNC(=O)NC(=O)CN(C)CC(C)(C)O. The van der Waals surface area contributed by atoms with E-state index in [1.165, 1.54) is 0 Å². The number of imide groups is 1. The molecule has 0 rings (SSSR count). The number of urea groups is 1. The van der Waals surface area contributed by atoms with Crippen molar-refractivity contribution in [2.45, 2.75) is 26.4 Å². The van der Waals surface area contributed by atoms with Gasteiger partial charge in [0.25, 0.3) is 0 Å². The molecule has 0 radical (unpaired) electrons. The molecule has 0 atom stereocenters. The van der Waals surface area contributed by atoms with Crippen LogP contribution in [0.2, 0.25) is 0 Å². The molecule has 0 heterocycles. The molecule has 0 aliphatic rings. The van der Waals surface area contributed by atoms with Crippen LogP contribution >= 0.6 is 0 Å². The monoisotopic (exact) mass is 231 g/mol. The van der Waals surface area contributed by atoms with Crippen LogP contribution < -0.4 is 10.6 Å². The summed E-state index contributed by atoms with van der Waals surface area (Å²) in [7, 11) is 1.70. The van der Waals surface area contributed by atoms with Crippen LogP contribution in [0.15, 0.2) is 0 Å². The van der Waals surface area contributed by atoms with Crippen LogP contribution in [0.5, 0.6) is 0 Å². The lowest BCUT2D eigenvalue weighted by Crippen LogP contribution is -2.46. The Morgan fingerprint density at radius 2 is 1.94 bits per heavy atom. The third-order valence-corrected chi connectivity index (χ3v) is 1.66. The molecule has 3 amide bonds. The van der Waals surface area contributed by atoms with Crippen LogP contribution in [0.3, 0.4) is 0 Å². The topological polar surface area (TPSA) is 81.7 Å². The Morgan fingerprint density at radius 1 is 1.38 bits per heavy atom. The van der Waals surface area contributed by atoms with Gasteiger partial charge in [-0.1, -0.05) is 0 Å². The second-order valence-electron chi connectivity index (χ2n) is 4.39. The zero-order chi connectivity index (χ0) is 12.8. The van der Waals surface area contributed by atoms with Gasteiger partial charge in [-0.2, -0.15) is 0 Å². The van der Waals surface area contributed by atoms with Gasteiger partial charge in [-0.25, -0.2) is 4.79 Å². The van der Waals surface area contributed by atoms with E-state index in [2.05, 4.69) is 10.6 Å². The van der Waals surface area contributed by atoms with Crippen molar-refractivity contribution in [3.63, 3.8) is 0 Å². The number of carbonyl (C=O) groups is 2. The molecule has 0 spiro atoms. The summed E-state index contributed by atoms with van der Waals surface area (Å²) in [6.45, 7) is 5.98. The molecule has 6 nitrogen and oxygen atoms in total. The maximum absolute atomic E-state index is 11.3. The van der Waals surface area contributed by atoms with Crippen molar-refractivity contribution in [2.24, 2.45) is 0 Å². The largest absolute Gasteiger partial charge is 0.389 e. The summed E-state index contributed by atoms with van der Waals surface area (Å²) in [5.41, 5.74) is -0.860. The standard InChI is InChI=1S/C10H21N3O3/c1-5-11-9(15)12-8(14)6-13(4)7-10(2,3)16/h16H,5-7H2,1-4H3,(H2,11,12,14,15). The number of aliphatic hydroxyl groups is 1.